The number of benzene rings is 2. The number of ether oxygens (including phenoxy) is 1. The van der Waals surface area contributed by atoms with E-state index in [1.807, 2.05) is 0 Å². The molecule has 5 rings (SSSR count). The second-order valence-corrected chi connectivity index (χ2v) is 6.40. The highest BCUT2D eigenvalue weighted by atomic mass is 16.5. The van der Waals surface area contributed by atoms with Crippen LogP contribution in [-0.2, 0) is 11.3 Å². The lowest BCUT2D eigenvalue weighted by molar-refractivity contribution is -0.184. The van der Waals surface area contributed by atoms with Crippen molar-refractivity contribution < 1.29 is 4.74 Å². The van der Waals surface area contributed by atoms with Crippen LogP contribution in [0, 0.1) is 11.3 Å². The van der Waals surface area contributed by atoms with Crippen LogP contribution in [0.5, 0.6) is 0 Å². The van der Waals surface area contributed by atoms with E-state index in [0.717, 1.165) is 25.0 Å². The summed E-state index contributed by atoms with van der Waals surface area (Å²) >= 11 is 0. The summed E-state index contributed by atoms with van der Waals surface area (Å²) in [7, 11) is 0. The lowest BCUT2D eigenvalue weighted by Crippen LogP contribution is -2.61. The van der Waals surface area contributed by atoms with Gasteiger partial charge in [-0.2, -0.15) is 0 Å². The lowest BCUT2D eigenvalue weighted by Gasteiger charge is -2.68. The molecule has 0 aliphatic heterocycles. The Hall–Kier alpha value is -1.60. The fourth-order valence-corrected chi connectivity index (χ4v) is 4.09. The highest BCUT2D eigenvalue weighted by molar-refractivity contribution is 5.33. The summed E-state index contributed by atoms with van der Waals surface area (Å²) in [6.07, 6.45) is 2.72. The van der Waals surface area contributed by atoms with Gasteiger partial charge in [-0.25, -0.2) is 0 Å². The minimum Gasteiger partial charge on any atom is -0.376 e. The standard InChI is InChI=1S/C19H20O/c1-3-7-15(8-4-1)13-20-14-19-11-17(12-19)18(19)16-9-5-2-6-10-16/h1-10,17-18H,11-14H2. The van der Waals surface area contributed by atoms with Crippen LogP contribution in [0.25, 0.3) is 0 Å². The van der Waals surface area contributed by atoms with Gasteiger partial charge in [-0.15, -0.1) is 0 Å². The smallest absolute Gasteiger partial charge is 0.0717 e. The minimum absolute atomic E-state index is 0.445. The van der Waals surface area contributed by atoms with Gasteiger partial charge in [0.1, 0.15) is 0 Å². The molecule has 3 saturated carbocycles. The minimum atomic E-state index is 0.445. The van der Waals surface area contributed by atoms with Crippen LogP contribution < -0.4 is 0 Å². The van der Waals surface area contributed by atoms with Gasteiger partial charge < -0.3 is 4.74 Å². The van der Waals surface area contributed by atoms with E-state index in [1.165, 1.54) is 24.0 Å². The van der Waals surface area contributed by atoms with E-state index in [9.17, 15) is 0 Å². The summed E-state index contributed by atoms with van der Waals surface area (Å²) < 4.78 is 6.02. The maximum atomic E-state index is 6.02. The highest BCUT2D eigenvalue weighted by Crippen LogP contribution is 2.73. The van der Waals surface area contributed by atoms with Crippen LogP contribution in [0.3, 0.4) is 0 Å². The molecule has 102 valence electrons. The van der Waals surface area contributed by atoms with Crippen molar-refractivity contribution in [1.29, 1.82) is 0 Å². The first kappa shape index (κ1) is 12.2. The van der Waals surface area contributed by atoms with Crippen LogP contribution in [0.4, 0.5) is 0 Å². The molecule has 0 amide bonds. The Morgan fingerprint density at radius 3 is 2.15 bits per heavy atom. The molecule has 0 radical (unpaired) electrons. The summed E-state index contributed by atoms with van der Waals surface area (Å²) in [4.78, 5) is 0. The Kier molecular flexibility index (Phi) is 2.89. The van der Waals surface area contributed by atoms with Gasteiger partial charge in [0.05, 0.1) is 13.2 Å². The molecule has 20 heavy (non-hydrogen) atoms. The molecule has 3 aliphatic rings. The topological polar surface area (TPSA) is 9.23 Å². The molecule has 0 N–H and O–H groups in total. The maximum Gasteiger partial charge on any atom is 0.0717 e. The van der Waals surface area contributed by atoms with Crippen molar-refractivity contribution in [1.82, 2.24) is 0 Å². The van der Waals surface area contributed by atoms with E-state index < -0.39 is 0 Å². The van der Waals surface area contributed by atoms with Crippen molar-refractivity contribution in [2.24, 2.45) is 11.3 Å². The molecule has 3 fully saturated rings. The molecule has 0 aromatic heterocycles. The normalized spacial score (nSPS) is 30.4. The SMILES string of the molecule is c1ccc(COCC23CC(C2)C3c2ccccc2)cc1. The van der Waals surface area contributed by atoms with Gasteiger partial charge in [0.25, 0.3) is 0 Å². The molecule has 3 aliphatic carbocycles. The summed E-state index contributed by atoms with van der Waals surface area (Å²) in [5.74, 6) is 1.66. The fourth-order valence-electron chi connectivity index (χ4n) is 4.09. The van der Waals surface area contributed by atoms with Gasteiger partial charge in [0, 0.05) is 5.41 Å². The van der Waals surface area contributed by atoms with Crippen molar-refractivity contribution >= 4 is 0 Å². The van der Waals surface area contributed by atoms with Crippen LogP contribution >= 0.6 is 0 Å². The van der Waals surface area contributed by atoms with Crippen LogP contribution in [0.15, 0.2) is 60.7 Å². The average Bonchev–Trinajstić information content (AvgIpc) is 2.43. The zero-order valence-corrected chi connectivity index (χ0v) is 11.7. The Balaban J connectivity index is 1.38. The Labute approximate surface area is 120 Å². The van der Waals surface area contributed by atoms with Gasteiger partial charge in [-0.3, -0.25) is 0 Å². The molecular weight excluding hydrogens is 244 g/mol. The molecule has 1 nitrogen and oxygen atoms in total. The van der Waals surface area contributed by atoms with Gasteiger partial charge in [-0.1, -0.05) is 60.7 Å². The second kappa shape index (κ2) is 4.75. The molecule has 1 atom stereocenters. The Bertz CT molecular complexity index is 569. The lowest BCUT2D eigenvalue weighted by atomic mass is 9.36. The molecule has 2 aromatic rings. The van der Waals surface area contributed by atoms with E-state index >= 15 is 0 Å². The molecule has 0 saturated heterocycles. The monoisotopic (exact) mass is 264 g/mol. The molecular formula is C19H20O. The highest BCUT2D eigenvalue weighted by Gasteiger charge is 2.65. The van der Waals surface area contributed by atoms with Gasteiger partial charge in [0.2, 0.25) is 0 Å². The molecule has 0 heterocycles. The fraction of sp³-hybridized carbons (Fsp3) is 0.368. The van der Waals surface area contributed by atoms with E-state index in [0.29, 0.717) is 5.41 Å². The van der Waals surface area contributed by atoms with E-state index in [2.05, 4.69) is 60.7 Å². The van der Waals surface area contributed by atoms with Crippen LogP contribution in [0.1, 0.15) is 29.9 Å². The van der Waals surface area contributed by atoms with Gasteiger partial charge in [-0.05, 0) is 35.8 Å². The third-order valence-electron chi connectivity index (χ3n) is 5.13. The summed E-state index contributed by atoms with van der Waals surface area (Å²) in [5.41, 5.74) is 3.23. The average molecular weight is 264 g/mol. The van der Waals surface area contributed by atoms with Gasteiger partial charge >= 0.3 is 0 Å². The maximum absolute atomic E-state index is 6.02. The third-order valence-corrected chi connectivity index (χ3v) is 5.13. The van der Waals surface area contributed by atoms with Crippen molar-refractivity contribution in [3.63, 3.8) is 0 Å². The first-order valence-electron chi connectivity index (χ1n) is 7.54. The first-order valence-corrected chi connectivity index (χ1v) is 7.54. The van der Waals surface area contributed by atoms with E-state index in [4.69, 9.17) is 4.74 Å². The largest absolute Gasteiger partial charge is 0.376 e. The van der Waals surface area contributed by atoms with E-state index in [1.54, 1.807) is 0 Å². The summed E-state index contributed by atoms with van der Waals surface area (Å²) in [6.45, 7) is 1.66. The molecule has 1 heteroatoms. The predicted molar refractivity (Wildman–Crippen MR) is 80.4 cm³/mol. The Morgan fingerprint density at radius 2 is 1.55 bits per heavy atom. The van der Waals surface area contributed by atoms with Crippen LogP contribution in [0.2, 0.25) is 0 Å². The molecule has 1 unspecified atom stereocenters. The zero-order chi connectivity index (χ0) is 13.4. The quantitative estimate of drug-likeness (QED) is 0.778. The summed E-state index contributed by atoms with van der Waals surface area (Å²) in [5, 5.41) is 0. The predicted octanol–water partition coefficient (Wildman–Crippen LogP) is 4.40. The Morgan fingerprint density at radius 1 is 0.900 bits per heavy atom. The van der Waals surface area contributed by atoms with Crippen molar-refractivity contribution in [2.45, 2.75) is 25.4 Å². The van der Waals surface area contributed by atoms with E-state index in [-0.39, 0.29) is 0 Å². The van der Waals surface area contributed by atoms with Crippen LogP contribution in [-0.4, -0.2) is 6.61 Å². The summed E-state index contributed by atoms with van der Waals surface area (Å²) in [6, 6.07) is 21.5. The number of hydrogen-bond acceptors (Lipinski definition) is 1. The first-order chi connectivity index (χ1) is 9.87. The van der Waals surface area contributed by atoms with Crippen molar-refractivity contribution in [3.8, 4) is 0 Å². The zero-order valence-electron chi connectivity index (χ0n) is 11.7. The number of rotatable bonds is 5. The molecule has 2 bridgehead atoms. The van der Waals surface area contributed by atoms with Crippen molar-refractivity contribution in [2.75, 3.05) is 6.61 Å². The molecule has 0 spiro atoms. The number of hydrogen-bond donors (Lipinski definition) is 0. The van der Waals surface area contributed by atoms with Crippen molar-refractivity contribution in [3.05, 3.63) is 71.8 Å². The van der Waals surface area contributed by atoms with Gasteiger partial charge in [0.15, 0.2) is 0 Å². The third kappa shape index (κ3) is 1.89. The second-order valence-electron chi connectivity index (χ2n) is 6.40. The molecule has 2 aromatic carbocycles.